The SMILES string of the molecule is CSC(=Nc1ccc(CCC(=O)NC2CC2)cc1)NC#N. The van der Waals surface area contributed by atoms with Crippen LogP contribution in [0, 0.1) is 11.5 Å². The summed E-state index contributed by atoms with van der Waals surface area (Å²) in [5.41, 5.74) is 1.90. The molecule has 2 N–H and O–H groups in total. The summed E-state index contributed by atoms with van der Waals surface area (Å²) >= 11 is 1.38. The molecule has 1 saturated carbocycles. The third kappa shape index (κ3) is 5.48. The molecule has 6 heteroatoms. The van der Waals surface area contributed by atoms with Gasteiger partial charge in [0.2, 0.25) is 5.91 Å². The Morgan fingerprint density at radius 3 is 2.71 bits per heavy atom. The van der Waals surface area contributed by atoms with E-state index in [-0.39, 0.29) is 5.91 Å². The molecule has 21 heavy (non-hydrogen) atoms. The monoisotopic (exact) mass is 302 g/mol. The molecule has 1 aliphatic rings. The largest absolute Gasteiger partial charge is 0.353 e. The molecule has 1 amide bonds. The molecule has 0 saturated heterocycles. The van der Waals surface area contributed by atoms with Crippen molar-refractivity contribution in [1.29, 1.82) is 5.26 Å². The summed E-state index contributed by atoms with van der Waals surface area (Å²) in [5.74, 6) is 0.127. The minimum atomic E-state index is 0.127. The van der Waals surface area contributed by atoms with E-state index in [0.717, 1.165) is 30.5 Å². The van der Waals surface area contributed by atoms with Crippen LogP contribution in [0.25, 0.3) is 0 Å². The number of hydrogen-bond donors (Lipinski definition) is 2. The van der Waals surface area contributed by atoms with Crippen LogP contribution in [-0.2, 0) is 11.2 Å². The molecule has 0 atom stereocenters. The summed E-state index contributed by atoms with van der Waals surface area (Å²) in [4.78, 5) is 15.9. The topological polar surface area (TPSA) is 77.3 Å². The lowest BCUT2D eigenvalue weighted by Gasteiger charge is -2.04. The summed E-state index contributed by atoms with van der Waals surface area (Å²) in [6.45, 7) is 0. The van der Waals surface area contributed by atoms with Gasteiger partial charge in [0.15, 0.2) is 11.4 Å². The van der Waals surface area contributed by atoms with E-state index in [9.17, 15) is 4.79 Å². The number of hydrogen-bond acceptors (Lipinski definition) is 4. The molecule has 0 aromatic heterocycles. The summed E-state index contributed by atoms with van der Waals surface area (Å²) in [5, 5.41) is 14.7. The maximum Gasteiger partial charge on any atom is 0.220 e. The maximum atomic E-state index is 11.6. The molecule has 0 heterocycles. The van der Waals surface area contributed by atoms with Gasteiger partial charge in [0.25, 0.3) is 0 Å². The van der Waals surface area contributed by atoms with Crippen molar-refractivity contribution in [3.8, 4) is 6.19 Å². The molecule has 0 radical (unpaired) electrons. The van der Waals surface area contributed by atoms with E-state index < -0.39 is 0 Å². The second kappa shape index (κ2) is 7.70. The Morgan fingerprint density at radius 1 is 1.43 bits per heavy atom. The summed E-state index contributed by atoms with van der Waals surface area (Å²) in [6.07, 6.45) is 7.20. The minimum Gasteiger partial charge on any atom is -0.353 e. The third-order valence-corrected chi connectivity index (χ3v) is 3.69. The van der Waals surface area contributed by atoms with E-state index in [2.05, 4.69) is 15.6 Å². The molecular formula is C15H18N4OS. The Bertz CT molecular complexity index is 558. The first-order valence-electron chi connectivity index (χ1n) is 6.87. The first kappa shape index (κ1) is 15.4. The molecule has 2 rings (SSSR count). The number of benzene rings is 1. The molecule has 0 bridgehead atoms. The van der Waals surface area contributed by atoms with Crippen molar-refractivity contribution in [2.24, 2.45) is 4.99 Å². The molecule has 0 unspecified atom stereocenters. The van der Waals surface area contributed by atoms with E-state index in [0.29, 0.717) is 17.6 Å². The van der Waals surface area contributed by atoms with Crippen LogP contribution in [0.3, 0.4) is 0 Å². The molecule has 1 aliphatic carbocycles. The first-order chi connectivity index (χ1) is 10.2. The average Bonchev–Trinajstić information content (AvgIpc) is 3.30. The number of nitrogens with zero attached hydrogens (tertiary/aromatic N) is 2. The van der Waals surface area contributed by atoms with Gasteiger partial charge in [-0.05, 0) is 43.2 Å². The number of thioether (sulfide) groups is 1. The highest BCUT2D eigenvalue weighted by Crippen LogP contribution is 2.19. The lowest BCUT2D eigenvalue weighted by Crippen LogP contribution is -2.25. The molecule has 0 spiro atoms. The number of aliphatic imine (C=N–C) groups is 1. The fourth-order valence-corrected chi connectivity index (χ4v) is 2.16. The predicted molar refractivity (Wildman–Crippen MR) is 85.3 cm³/mol. The zero-order chi connectivity index (χ0) is 15.1. The Morgan fingerprint density at radius 2 is 2.14 bits per heavy atom. The van der Waals surface area contributed by atoms with Crippen LogP contribution in [0.4, 0.5) is 5.69 Å². The number of carbonyl (C=O) groups excluding carboxylic acids is 1. The second-order valence-electron chi connectivity index (χ2n) is 4.87. The first-order valence-corrected chi connectivity index (χ1v) is 8.10. The summed E-state index contributed by atoms with van der Waals surface area (Å²) in [6, 6.07) is 8.14. The Balaban J connectivity index is 1.86. The Labute approximate surface area is 128 Å². The molecule has 5 nitrogen and oxygen atoms in total. The van der Waals surface area contributed by atoms with Crippen LogP contribution >= 0.6 is 11.8 Å². The average molecular weight is 302 g/mol. The molecule has 110 valence electrons. The fraction of sp³-hybridized carbons (Fsp3) is 0.400. The van der Waals surface area contributed by atoms with Crippen LogP contribution in [0.1, 0.15) is 24.8 Å². The number of amides is 1. The van der Waals surface area contributed by atoms with Gasteiger partial charge in [-0.15, -0.1) is 0 Å². The highest BCUT2D eigenvalue weighted by atomic mass is 32.2. The van der Waals surface area contributed by atoms with Gasteiger partial charge in [0.05, 0.1) is 5.69 Å². The van der Waals surface area contributed by atoms with Crippen molar-refractivity contribution < 1.29 is 4.79 Å². The van der Waals surface area contributed by atoms with Gasteiger partial charge in [-0.2, -0.15) is 5.26 Å². The van der Waals surface area contributed by atoms with Crippen LogP contribution in [-0.4, -0.2) is 23.4 Å². The number of nitriles is 1. The van der Waals surface area contributed by atoms with Crippen LogP contribution < -0.4 is 10.6 Å². The molecular weight excluding hydrogens is 284 g/mol. The van der Waals surface area contributed by atoms with Crippen molar-refractivity contribution >= 4 is 28.5 Å². The predicted octanol–water partition coefficient (Wildman–Crippen LogP) is 2.32. The van der Waals surface area contributed by atoms with E-state index in [4.69, 9.17) is 5.26 Å². The summed E-state index contributed by atoms with van der Waals surface area (Å²) in [7, 11) is 0. The van der Waals surface area contributed by atoms with Crippen molar-refractivity contribution in [3.63, 3.8) is 0 Å². The molecule has 1 aromatic rings. The van der Waals surface area contributed by atoms with Gasteiger partial charge < -0.3 is 5.32 Å². The Hall–Kier alpha value is -2.00. The van der Waals surface area contributed by atoms with Crippen LogP contribution in [0.15, 0.2) is 29.3 Å². The highest BCUT2D eigenvalue weighted by molar-refractivity contribution is 8.13. The van der Waals surface area contributed by atoms with Gasteiger partial charge in [0.1, 0.15) is 0 Å². The number of carbonyl (C=O) groups is 1. The Kier molecular flexibility index (Phi) is 5.64. The minimum absolute atomic E-state index is 0.127. The molecule has 0 aliphatic heterocycles. The van der Waals surface area contributed by atoms with Crippen molar-refractivity contribution in [3.05, 3.63) is 29.8 Å². The maximum absolute atomic E-state index is 11.6. The summed E-state index contributed by atoms with van der Waals surface area (Å²) < 4.78 is 0. The zero-order valence-corrected chi connectivity index (χ0v) is 12.7. The quantitative estimate of drug-likeness (QED) is 0.379. The number of aryl methyl sites for hydroxylation is 1. The highest BCUT2D eigenvalue weighted by Gasteiger charge is 2.22. The van der Waals surface area contributed by atoms with Crippen LogP contribution in [0.5, 0.6) is 0 Å². The molecule has 1 aromatic carbocycles. The van der Waals surface area contributed by atoms with Gasteiger partial charge in [-0.1, -0.05) is 23.9 Å². The number of nitrogens with one attached hydrogen (secondary N) is 2. The fourth-order valence-electron chi connectivity index (χ4n) is 1.81. The van der Waals surface area contributed by atoms with E-state index in [1.165, 1.54) is 11.8 Å². The lowest BCUT2D eigenvalue weighted by molar-refractivity contribution is -0.121. The normalized spacial score (nSPS) is 14.4. The van der Waals surface area contributed by atoms with Crippen molar-refractivity contribution in [2.75, 3.05) is 6.26 Å². The number of rotatable bonds is 5. The van der Waals surface area contributed by atoms with E-state index in [1.54, 1.807) is 0 Å². The standard InChI is InChI=1S/C15H18N4OS/c1-21-15(17-10-16)19-13-5-2-11(3-6-13)4-9-14(20)18-12-7-8-12/h2-3,5-6,12H,4,7-9H2,1H3,(H,17,19)(H,18,20). The zero-order valence-electron chi connectivity index (χ0n) is 11.9. The lowest BCUT2D eigenvalue weighted by atomic mass is 10.1. The van der Waals surface area contributed by atoms with Gasteiger partial charge >= 0.3 is 0 Å². The number of amidine groups is 1. The third-order valence-electron chi connectivity index (χ3n) is 3.11. The van der Waals surface area contributed by atoms with Gasteiger partial charge in [-0.25, -0.2) is 4.99 Å². The molecule has 1 fully saturated rings. The van der Waals surface area contributed by atoms with Gasteiger partial charge in [0, 0.05) is 12.5 Å². The smallest absolute Gasteiger partial charge is 0.220 e. The second-order valence-corrected chi connectivity index (χ2v) is 5.66. The van der Waals surface area contributed by atoms with Crippen LogP contribution in [0.2, 0.25) is 0 Å². The van der Waals surface area contributed by atoms with Crippen molar-refractivity contribution in [1.82, 2.24) is 10.6 Å². The van der Waals surface area contributed by atoms with Gasteiger partial charge in [-0.3, -0.25) is 10.1 Å². The van der Waals surface area contributed by atoms with Crippen molar-refractivity contribution in [2.45, 2.75) is 31.7 Å². The van der Waals surface area contributed by atoms with E-state index >= 15 is 0 Å². The van der Waals surface area contributed by atoms with E-state index in [1.807, 2.05) is 36.7 Å².